The number of hydrogen-bond donors (Lipinski definition) is 1. The SMILES string of the molecule is CCn1cc(C)c2ccc(CC(C)N)cc21. The minimum Gasteiger partial charge on any atom is -0.347 e. The van der Waals surface area contributed by atoms with Crippen LogP contribution in [0.4, 0.5) is 0 Å². The number of nitrogens with two attached hydrogens (primary N) is 1. The Hall–Kier alpha value is -1.28. The van der Waals surface area contributed by atoms with Crippen molar-refractivity contribution in [2.45, 2.75) is 39.8 Å². The van der Waals surface area contributed by atoms with Crippen LogP contribution in [0.15, 0.2) is 24.4 Å². The van der Waals surface area contributed by atoms with Gasteiger partial charge in [0.1, 0.15) is 0 Å². The molecule has 1 heterocycles. The van der Waals surface area contributed by atoms with Crippen LogP contribution < -0.4 is 5.73 Å². The number of nitrogens with zero attached hydrogens (tertiary/aromatic N) is 1. The summed E-state index contributed by atoms with van der Waals surface area (Å²) in [7, 11) is 0. The van der Waals surface area contributed by atoms with E-state index in [4.69, 9.17) is 5.73 Å². The molecule has 1 aromatic heterocycles. The molecule has 2 rings (SSSR count). The van der Waals surface area contributed by atoms with E-state index in [-0.39, 0.29) is 6.04 Å². The summed E-state index contributed by atoms with van der Waals surface area (Å²) in [5.74, 6) is 0. The Kier molecular flexibility index (Phi) is 3.01. The monoisotopic (exact) mass is 216 g/mol. The molecule has 0 spiro atoms. The van der Waals surface area contributed by atoms with Gasteiger partial charge in [-0.2, -0.15) is 0 Å². The van der Waals surface area contributed by atoms with E-state index >= 15 is 0 Å². The summed E-state index contributed by atoms with van der Waals surface area (Å²) < 4.78 is 2.30. The summed E-state index contributed by atoms with van der Waals surface area (Å²) in [6.07, 6.45) is 3.17. The van der Waals surface area contributed by atoms with Gasteiger partial charge in [-0.1, -0.05) is 12.1 Å². The van der Waals surface area contributed by atoms with Crippen LogP contribution >= 0.6 is 0 Å². The molecule has 0 bridgehead atoms. The Balaban J connectivity index is 2.51. The number of aryl methyl sites for hydroxylation is 2. The van der Waals surface area contributed by atoms with Crippen LogP contribution in [0.5, 0.6) is 0 Å². The van der Waals surface area contributed by atoms with E-state index in [0.717, 1.165) is 13.0 Å². The molecule has 1 unspecified atom stereocenters. The molecule has 1 atom stereocenters. The number of fused-ring (bicyclic) bond motifs is 1. The second-order valence-corrected chi connectivity index (χ2v) is 4.63. The van der Waals surface area contributed by atoms with Gasteiger partial charge in [0.2, 0.25) is 0 Å². The van der Waals surface area contributed by atoms with E-state index in [2.05, 4.69) is 42.8 Å². The van der Waals surface area contributed by atoms with Gasteiger partial charge in [0, 0.05) is 29.7 Å². The van der Waals surface area contributed by atoms with E-state index in [0.29, 0.717) is 0 Å². The summed E-state index contributed by atoms with van der Waals surface area (Å²) in [4.78, 5) is 0. The van der Waals surface area contributed by atoms with Gasteiger partial charge in [0.25, 0.3) is 0 Å². The van der Waals surface area contributed by atoms with Crippen LogP contribution in [0.2, 0.25) is 0 Å². The molecule has 0 amide bonds. The van der Waals surface area contributed by atoms with Crippen LogP contribution in [0, 0.1) is 6.92 Å². The lowest BCUT2D eigenvalue weighted by molar-refractivity contribution is 0.737. The van der Waals surface area contributed by atoms with E-state index in [1.54, 1.807) is 0 Å². The average Bonchev–Trinajstić information content (AvgIpc) is 2.54. The second kappa shape index (κ2) is 4.30. The zero-order valence-corrected chi connectivity index (χ0v) is 10.3. The molecule has 0 aliphatic carbocycles. The van der Waals surface area contributed by atoms with Gasteiger partial charge in [-0.25, -0.2) is 0 Å². The summed E-state index contributed by atoms with van der Waals surface area (Å²) in [5.41, 5.74) is 9.85. The number of rotatable bonds is 3. The third-order valence-corrected chi connectivity index (χ3v) is 3.04. The maximum Gasteiger partial charge on any atom is 0.0485 e. The molecular weight excluding hydrogens is 196 g/mol. The number of hydrogen-bond acceptors (Lipinski definition) is 1. The maximum atomic E-state index is 5.84. The molecular formula is C14H20N2. The molecule has 0 saturated carbocycles. The van der Waals surface area contributed by atoms with Crippen molar-refractivity contribution in [2.24, 2.45) is 5.73 Å². The Morgan fingerprint density at radius 3 is 2.75 bits per heavy atom. The molecule has 0 radical (unpaired) electrons. The van der Waals surface area contributed by atoms with E-state index in [9.17, 15) is 0 Å². The van der Waals surface area contributed by atoms with Crippen molar-refractivity contribution in [3.63, 3.8) is 0 Å². The first-order valence-electron chi connectivity index (χ1n) is 5.95. The minimum atomic E-state index is 0.226. The molecule has 0 fully saturated rings. The summed E-state index contributed by atoms with van der Waals surface area (Å²) in [5, 5.41) is 1.36. The maximum absolute atomic E-state index is 5.84. The molecule has 0 saturated heterocycles. The molecule has 0 aliphatic rings. The normalized spacial score (nSPS) is 13.2. The molecule has 1 aromatic carbocycles. The molecule has 0 aliphatic heterocycles. The van der Waals surface area contributed by atoms with Gasteiger partial charge in [0.15, 0.2) is 0 Å². The number of aromatic nitrogens is 1. The van der Waals surface area contributed by atoms with Crippen LogP contribution in [0.3, 0.4) is 0 Å². The Bertz CT molecular complexity index is 495. The first kappa shape index (κ1) is 11.2. The van der Waals surface area contributed by atoms with Gasteiger partial charge in [-0.05, 0) is 44.4 Å². The van der Waals surface area contributed by atoms with Gasteiger partial charge in [-0.3, -0.25) is 0 Å². The molecule has 2 N–H and O–H groups in total. The predicted octanol–water partition coefficient (Wildman–Crippen LogP) is 2.86. The number of benzene rings is 1. The van der Waals surface area contributed by atoms with Gasteiger partial charge >= 0.3 is 0 Å². The van der Waals surface area contributed by atoms with Gasteiger partial charge in [-0.15, -0.1) is 0 Å². The highest BCUT2D eigenvalue weighted by Crippen LogP contribution is 2.22. The molecule has 86 valence electrons. The topological polar surface area (TPSA) is 30.9 Å². The summed E-state index contributed by atoms with van der Waals surface area (Å²) in [6, 6.07) is 6.91. The minimum absolute atomic E-state index is 0.226. The Morgan fingerprint density at radius 2 is 2.12 bits per heavy atom. The van der Waals surface area contributed by atoms with Crippen LogP contribution in [-0.4, -0.2) is 10.6 Å². The van der Waals surface area contributed by atoms with Crippen molar-refractivity contribution in [1.29, 1.82) is 0 Å². The van der Waals surface area contributed by atoms with Crippen molar-refractivity contribution in [2.75, 3.05) is 0 Å². The van der Waals surface area contributed by atoms with Gasteiger partial charge in [0.05, 0.1) is 0 Å². The molecule has 2 heteroatoms. The predicted molar refractivity (Wildman–Crippen MR) is 69.7 cm³/mol. The highest BCUT2D eigenvalue weighted by molar-refractivity contribution is 5.84. The zero-order valence-electron chi connectivity index (χ0n) is 10.3. The smallest absolute Gasteiger partial charge is 0.0485 e. The lowest BCUT2D eigenvalue weighted by Crippen LogP contribution is -2.17. The molecule has 2 aromatic rings. The van der Waals surface area contributed by atoms with Crippen molar-refractivity contribution < 1.29 is 0 Å². The highest BCUT2D eigenvalue weighted by Gasteiger charge is 2.06. The van der Waals surface area contributed by atoms with E-state index in [1.807, 2.05) is 6.92 Å². The molecule has 2 nitrogen and oxygen atoms in total. The Morgan fingerprint density at radius 1 is 1.38 bits per heavy atom. The third kappa shape index (κ3) is 1.98. The first-order chi connectivity index (χ1) is 7.61. The average molecular weight is 216 g/mol. The van der Waals surface area contributed by atoms with E-state index in [1.165, 1.54) is 22.0 Å². The second-order valence-electron chi connectivity index (χ2n) is 4.63. The highest BCUT2D eigenvalue weighted by atomic mass is 14.9. The molecule has 16 heavy (non-hydrogen) atoms. The van der Waals surface area contributed by atoms with Crippen LogP contribution in [0.25, 0.3) is 10.9 Å². The largest absolute Gasteiger partial charge is 0.347 e. The fourth-order valence-electron chi connectivity index (χ4n) is 2.28. The quantitative estimate of drug-likeness (QED) is 0.840. The summed E-state index contributed by atoms with van der Waals surface area (Å²) >= 11 is 0. The zero-order chi connectivity index (χ0) is 11.7. The van der Waals surface area contributed by atoms with Crippen LogP contribution in [-0.2, 0) is 13.0 Å². The van der Waals surface area contributed by atoms with Crippen LogP contribution in [0.1, 0.15) is 25.0 Å². The van der Waals surface area contributed by atoms with Crippen molar-refractivity contribution in [3.8, 4) is 0 Å². The first-order valence-corrected chi connectivity index (χ1v) is 5.95. The lowest BCUT2D eigenvalue weighted by atomic mass is 10.1. The standard InChI is InChI=1S/C14H20N2/c1-4-16-9-10(2)13-6-5-12(7-11(3)15)8-14(13)16/h5-6,8-9,11H,4,7,15H2,1-3H3. The summed E-state index contributed by atoms with van der Waals surface area (Å²) in [6.45, 7) is 7.41. The van der Waals surface area contributed by atoms with Gasteiger partial charge < -0.3 is 10.3 Å². The van der Waals surface area contributed by atoms with Crippen molar-refractivity contribution in [3.05, 3.63) is 35.5 Å². The van der Waals surface area contributed by atoms with Crippen molar-refractivity contribution >= 4 is 10.9 Å². The fraction of sp³-hybridized carbons (Fsp3) is 0.429. The fourth-order valence-corrected chi connectivity index (χ4v) is 2.28. The third-order valence-electron chi connectivity index (χ3n) is 3.04. The lowest BCUT2D eigenvalue weighted by Gasteiger charge is -2.07. The van der Waals surface area contributed by atoms with E-state index < -0.39 is 0 Å². The van der Waals surface area contributed by atoms with Crippen molar-refractivity contribution in [1.82, 2.24) is 4.57 Å². The Labute approximate surface area is 97.1 Å².